The molecular weight excluding hydrogens is 329 g/mol. The zero-order chi connectivity index (χ0) is 15.4. The Kier molecular flexibility index (Phi) is 5.54. The van der Waals surface area contributed by atoms with Gasteiger partial charge in [0.1, 0.15) is 5.82 Å². The van der Waals surface area contributed by atoms with E-state index in [2.05, 4.69) is 53.3 Å². The smallest absolute Gasteiger partial charge is 0.123 e. The van der Waals surface area contributed by atoms with E-state index in [4.69, 9.17) is 0 Å². The maximum atomic E-state index is 13.8. The molecular formula is C18H21BrFN. The molecule has 2 aromatic carbocycles. The molecule has 0 fully saturated rings. The van der Waals surface area contributed by atoms with Crippen LogP contribution in [0.2, 0.25) is 0 Å². The predicted molar refractivity (Wildman–Crippen MR) is 90.2 cm³/mol. The second-order valence-corrected chi connectivity index (χ2v) is 6.33. The van der Waals surface area contributed by atoms with Crippen LogP contribution in [-0.2, 0) is 0 Å². The summed E-state index contributed by atoms with van der Waals surface area (Å²) >= 11 is 3.62. The summed E-state index contributed by atoms with van der Waals surface area (Å²) in [6.45, 7) is 7.02. The number of aryl methyl sites for hydroxylation is 2. The molecule has 2 rings (SSSR count). The van der Waals surface area contributed by atoms with Gasteiger partial charge in [-0.1, -0.05) is 46.6 Å². The van der Waals surface area contributed by atoms with E-state index in [1.165, 1.54) is 5.56 Å². The maximum absolute atomic E-state index is 13.8. The fraction of sp³-hybridized carbons (Fsp3) is 0.333. The lowest BCUT2D eigenvalue weighted by Crippen LogP contribution is -2.24. The average molecular weight is 350 g/mol. The predicted octanol–water partition coefficient (Wildman–Crippen LogP) is 5.29. The molecule has 1 nitrogen and oxygen atoms in total. The zero-order valence-electron chi connectivity index (χ0n) is 12.7. The van der Waals surface area contributed by atoms with Crippen molar-refractivity contribution >= 4 is 15.9 Å². The van der Waals surface area contributed by atoms with Crippen molar-refractivity contribution in [2.24, 2.45) is 0 Å². The lowest BCUT2D eigenvalue weighted by molar-refractivity contribution is 0.583. The van der Waals surface area contributed by atoms with E-state index in [9.17, 15) is 4.39 Å². The minimum Gasteiger partial charge on any atom is -0.306 e. The molecule has 0 heterocycles. The van der Waals surface area contributed by atoms with Gasteiger partial charge >= 0.3 is 0 Å². The van der Waals surface area contributed by atoms with Crippen LogP contribution < -0.4 is 5.32 Å². The van der Waals surface area contributed by atoms with Gasteiger partial charge in [-0.15, -0.1) is 0 Å². The van der Waals surface area contributed by atoms with Crippen LogP contribution in [-0.4, -0.2) is 6.54 Å². The van der Waals surface area contributed by atoms with Crippen molar-refractivity contribution in [1.29, 1.82) is 0 Å². The van der Waals surface area contributed by atoms with Crippen LogP contribution in [0.5, 0.6) is 0 Å². The molecule has 0 bridgehead atoms. The van der Waals surface area contributed by atoms with Gasteiger partial charge in [0.25, 0.3) is 0 Å². The Hall–Kier alpha value is -1.19. The summed E-state index contributed by atoms with van der Waals surface area (Å²) in [6.07, 6.45) is 1.04. The van der Waals surface area contributed by atoms with E-state index in [-0.39, 0.29) is 11.9 Å². The van der Waals surface area contributed by atoms with Gasteiger partial charge in [-0.3, -0.25) is 0 Å². The topological polar surface area (TPSA) is 12.0 Å². The van der Waals surface area contributed by atoms with Gasteiger partial charge in [-0.05, 0) is 61.7 Å². The van der Waals surface area contributed by atoms with E-state index >= 15 is 0 Å². The molecule has 21 heavy (non-hydrogen) atoms. The van der Waals surface area contributed by atoms with Crippen LogP contribution in [0.15, 0.2) is 40.9 Å². The Labute approximate surface area is 134 Å². The third kappa shape index (κ3) is 4.14. The van der Waals surface area contributed by atoms with Crippen molar-refractivity contribution < 1.29 is 4.39 Å². The van der Waals surface area contributed by atoms with Gasteiger partial charge < -0.3 is 5.32 Å². The summed E-state index contributed by atoms with van der Waals surface area (Å²) in [5, 5.41) is 3.53. The Balaban J connectivity index is 2.49. The van der Waals surface area contributed by atoms with Crippen LogP contribution in [0, 0.1) is 19.7 Å². The van der Waals surface area contributed by atoms with Crippen LogP contribution >= 0.6 is 15.9 Å². The molecule has 112 valence electrons. The van der Waals surface area contributed by atoms with Crippen LogP contribution in [0.4, 0.5) is 4.39 Å². The van der Waals surface area contributed by atoms with Crippen molar-refractivity contribution in [1.82, 2.24) is 5.32 Å². The van der Waals surface area contributed by atoms with Gasteiger partial charge in [0.15, 0.2) is 0 Å². The standard InChI is InChI=1S/C18H21BrFN/c1-4-7-21-18(14-8-13(3)9-15(20)11-14)16-10-12(2)5-6-17(16)19/h5-6,8-11,18,21H,4,7H2,1-3H3. The van der Waals surface area contributed by atoms with Crippen LogP contribution in [0.1, 0.15) is 41.6 Å². The van der Waals surface area contributed by atoms with E-state index in [1.54, 1.807) is 12.1 Å². The van der Waals surface area contributed by atoms with E-state index in [0.717, 1.165) is 34.1 Å². The molecule has 2 aromatic rings. The largest absolute Gasteiger partial charge is 0.306 e. The molecule has 0 amide bonds. The summed E-state index contributed by atoms with van der Waals surface area (Å²) < 4.78 is 14.8. The number of halogens is 2. The SMILES string of the molecule is CCCNC(c1cc(C)cc(F)c1)c1cc(C)ccc1Br. The Morgan fingerprint density at radius 3 is 2.52 bits per heavy atom. The van der Waals surface area contributed by atoms with Crippen molar-refractivity contribution in [3.05, 3.63) is 68.9 Å². The zero-order valence-corrected chi connectivity index (χ0v) is 14.3. The van der Waals surface area contributed by atoms with Gasteiger partial charge in [0, 0.05) is 4.47 Å². The second-order valence-electron chi connectivity index (χ2n) is 5.47. The first-order valence-corrected chi connectivity index (χ1v) is 8.07. The highest BCUT2D eigenvalue weighted by molar-refractivity contribution is 9.10. The number of rotatable bonds is 5. The molecule has 1 atom stereocenters. The maximum Gasteiger partial charge on any atom is 0.123 e. The van der Waals surface area contributed by atoms with Gasteiger partial charge in [0.05, 0.1) is 6.04 Å². The third-order valence-corrected chi connectivity index (χ3v) is 4.18. The minimum absolute atomic E-state index is 0.00590. The Bertz CT molecular complexity index is 604. The molecule has 0 spiro atoms. The number of benzene rings is 2. The van der Waals surface area contributed by atoms with E-state index in [0.29, 0.717) is 0 Å². The lowest BCUT2D eigenvalue weighted by atomic mass is 9.96. The lowest BCUT2D eigenvalue weighted by Gasteiger charge is -2.22. The van der Waals surface area contributed by atoms with Crippen LogP contribution in [0.25, 0.3) is 0 Å². The van der Waals surface area contributed by atoms with Gasteiger partial charge in [-0.25, -0.2) is 4.39 Å². The number of hydrogen-bond donors (Lipinski definition) is 1. The first-order chi connectivity index (χ1) is 10.0. The molecule has 0 radical (unpaired) electrons. The second kappa shape index (κ2) is 7.19. The summed E-state index contributed by atoms with van der Waals surface area (Å²) in [5.74, 6) is -0.183. The Morgan fingerprint density at radius 1 is 1.10 bits per heavy atom. The quantitative estimate of drug-likeness (QED) is 0.772. The molecule has 3 heteroatoms. The van der Waals surface area contributed by atoms with Crippen LogP contribution in [0.3, 0.4) is 0 Å². The number of hydrogen-bond acceptors (Lipinski definition) is 1. The van der Waals surface area contributed by atoms with E-state index in [1.807, 2.05) is 13.0 Å². The normalized spacial score (nSPS) is 12.4. The highest BCUT2D eigenvalue weighted by Crippen LogP contribution is 2.30. The molecule has 1 N–H and O–H groups in total. The van der Waals surface area contributed by atoms with E-state index < -0.39 is 0 Å². The molecule has 0 aliphatic heterocycles. The first kappa shape index (κ1) is 16.2. The van der Waals surface area contributed by atoms with Crippen molar-refractivity contribution in [2.75, 3.05) is 6.54 Å². The molecule has 0 aromatic heterocycles. The molecule has 0 saturated heterocycles. The summed E-state index contributed by atoms with van der Waals surface area (Å²) in [7, 11) is 0. The van der Waals surface area contributed by atoms with Gasteiger partial charge in [0.2, 0.25) is 0 Å². The average Bonchev–Trinajstić information content (AvgIpc) is 2.42. The van der Waals surface area contributed by atoms with Crippen molar-refractivity contribution in [3.8, 4) is 0 Å². The molecule has 1 unspecified atom stereocenters. The fourth-order valence-electron chi connectivity index (χ4n) is 2.51. The van der Waals surface area contributed by atoms with Crippen molar-refractivity contribution in [3.63, 3.8) is 0 Å². The van der Waals surface area contributed by atoms with Crippen molar-refractivity contribution in [2.45, 2.75) is 33.2 Å². The summed E-state index contributed by atoms with van der Waals surface area (Å²) in [5.41, 5.74) is 4.25. The molecule has 0 aliphatic carbocycles. The summed E-state index contributed by atoms with van der Waals surface area (Å²) in [4.78, 5) is 0. The Morgan fingerprint density at radius 2 is 1.86 bits per heavy atom. The third-order valence-electron chi connectivity index (χ3n) is 3.46. The fourth-order valence-corrected chi connectivity index (χ4v) is 2.99. The minimum atomic E-state index is -0.183. The highest BCUT2D eigenvalue weighted by atomic mass is 79.9. The van der Waals surface area contributed by atoms with Gasteiger partial charge in [-0.2, -0.15) is 0 Å². The first-order valence-electron chi connectivity index (χ1n) is 7.27. The number of nitrogens with one attached hydrogen (secondary N) is 1. The summed E-state index contributed by atoms with van der Waals surface area (Å²) in [6, 6.07) is 11.5. The molecule has 0 saturated carbocycles. The highest BCUT2D eigenvalue weighted by Gasteiger charge is 2.17. The molecule has 0 aliphatic rings. The monoisotopic (exact) mass is 349 g/mol.